The van der Waals surface area contributed by atoms with Gasteiger partial charge in [0.25, 0.3) is 0 Å². The summed E-state index contributed by atoms with van der Waals surface area (Å²) in [6, 6.07) is 17.8. The monoisotopic (exact) mass is 198 g/mol. The van der Waals surface area contributed by atoms with Crippen LogP contribution in [0.5, 0.6) is 5.75 Å². The first-order valence-corrected chi connectivity index (χ1v) is 5.17. The summed E-state index contributed by atoms with van der Waals surface area (Å²) in [5.41, 5.74) is 2.32. The fourth-order valence-electron chi connectivity index (χ4n) is 1.65. The molecule has 2 rings (SSSR count). The van der Waals surface area contributed by atoms with Gasteiger partial charge in [-0.15, -0.1) is 0 Å². The molecular formula is C14H14O. The number of hydrogen-bond donors (Lipinski definition) is 1. The lowest BCUT2D eigenvalue weighted by molar-refractivity contribution is 0.468. The van der Waals surface area contributed by atoms with Crippen molar-refractivity contribution in [3.63, 3.8) is 0 Å². The van der Waals surface area contributed by atoms with Gasteiger partial charge in [0.1, 0.15) is 5.75 Å². The third-order valence-electron chi connectivity index (χ3n) is 2.52. The third-order valence-corrected chi connectivity index (χ3v) is 2.52. The van der Waals surface area contributed by atoms with Crippen molar-refractivity contribution in [3.8, 4) is 5.75 Å². The molecule has 0 bridgehead atoms. The van der Waals surface area contributed by atoms with Gasteiger partial charge in [0, 0.05) is 0 Å². The molecule has 0 saturated heterocycles. The lowest BCUT2D eigenvalue weighted by Gasteiger charge is -2.03. The van der Waals surface area contributed by atoms with Gasteiger partial charge in [-0.2, -0.15) is 0 Å². The molecule has 0 radical (unpaired) electrons. The molecule has 0 spiro atoms. The van der Waals surface area contributed by atoms with E-state index in [1.54, 1.807) is 6.07 Å². The quantitative estimate of drug-likeness (QED) is 0.803. The average Bonchev–Trinajstić information content (AvgIpc) is 2.29. The van der Waals surface area contributed by atoms with Gasteiger partial charge in [-0.25, -0.2) is 0 Å². The summed E-state index contributed by atoms with van der Waals surface area (Å²) in [6.45, 7) is 0. The maximum atomic E-state index is 9.59. The summed E-state index contributed by atoms with van der Waals surface area (Å²) >= 11 is 0. The summed E-state index contributed by atoms with van der Waals surface area (Å²) in [6.07, 6.45) is 1.86. The Labute approximate surface area is 90.0 Å². The van der Waals surface area contributed by atoms with E-state index in [9.17, 15) is 5.11 Å². The Morgan fingerprint density at radius 3 is 2.13 bits per heavy atom. The van der Waals surface area contributed by atoms with Crippen LogP contribution in [0.15, 0.2) is 54.6 Å². The Balaban J connectivity index is 2.03. The van der Waals surface area contributed by atoms with Crippen molar-refractivity contribution < 1.29 is 5.11 Å². The third kappa shape index (κ3) is 2.59. The van der Waals surface area contributed by atoms with E-state index in [-0.39, 0.29) is 0 Å². The fraction of sp³-hybridized carbons (Fsp3) is 0.143. The van der Waals surface area contributed by atoms with Gasteiger partial charge in [-0.3, -0.25) is 0 Å². The molecule has 0 aromatic heterocycles. The first-order chi connectivity index (χ1) is 7.36. The second-order valence-electron chi connectivity index (χ2n) is 3.61. The Morgan fingerprint density at radius 2 is 1.40 bits per heavy atom. The van der Waals surface area contributed by atoms with Crippen LogP contribution in [-0.4, -0.2) is 5.11 Å². The normalized spacial score (nSPS) is 10.1. The van der Waals surface area contributed by atoms with Crippen molar-refractivity contribution in [3.05, 3.63) is 65.7 Å². The molecule has 0 heterocycles. The highest BCUT2D eigenvalue weighted by Crippen LogP contribution is 2.17. The van der Waals surface area contributed by atoms with Crippen LogP contribution in [0.2, 0.25) is 0 Å². The average molecular weight is 198 g/mol. The van der Waals surface area contributed by atoms with E-state index in [1.165, 1.54) is 5.56 Å². The first kappa shape index (κ1) is 9.78. The standard InChI is InChI=1S/C14H14O/c15-14-9-5-4-8-13(14)11-10-12-6-2-1-3-7-12/h1-9,15H,10-11H2. The van der Waals surface area contributed by atoms with E-state index in [2.05, 4.69) is 12.1 Å². The number of rotatable bonds is 3. The Bertz CT molecular complexity index is 420. The van der Waals surface area contributed by atoms with Gasteiger partial charge in [-0.1, -0.05) is 48.5 Å². The van der Waals surface area contributed by atoms with Crippen molar-refractivity contribution in [2.45, 2.75) is 12.8 Å². The van der Waals surface area contributed by atoms with Crippen molar-refractivity contribution >= 4 is 0 Å². The Kier molecular flexibility index (Phi) is 3.03. The van der Waals surface area contributed by atoms with E-state index in [0.717, 1.165) is 18.4 Å². The van der Waals surface area contributed by atoms with Crippen LogP contribution in [0.4, 0.5) is 0 Å². The van der Waals surface area contributed by atoms with E-state index in [4.69, 9.17) is 0 Å². The van der Waals surface area contributed by atoms with E-state index in [1.807, 2.05) is 36.4 Å². The number of phenolic OH excluding ortho intramolecular Hbond substituents is 1. The molecule has 0 saturated carbocycles. The Hall–Kier alpha value is -1.76. The van der Waals surface area contributed by atoms with Crippen molar-refractivity contribution in [1.29, 1.82) is 0 Å². The zero-order chi connectivity index (χ0) is 10.5. The molecular weight excluding hydrogens is 184 g/mol. The number of para-hydroxylation sites is 1. The molecule has 2 aromatic carbocycles. The maximum Gasteiger partial charge on any atom is 0.118 e. The van der Waals surface area contributed by atoms with Crippen LogP contribution >= 0.6 is 0 Å². The molecule has 15 heavy (non-hydrogen) atoms. The largest absolute Gasteiger partial charge is 0.508 e. The number of aromatic hydroxyl groups is 1. The predicted octanol–water partition coefficient (Wildman–Crippen LogP) is 3.18. The Morgan fingerprint density at radius 1 is 0.733 bits per heavy atom. The van der Waals surface area contributed by atoms with Crippen LogP contribution in [0.1, 0.15) is 11.1 Å². The van der Waals surface area contributed by atoms with Crippen molar-refractivity contribution in [1.82, 2.24) is 0 Å². The fourth-order valence-corrected chi connectivity index (χ4v) is 1.65. The molecule has 2 aromatic rings. The van der Waals surface area contributed by atoms with Gasteiger partial charge in [0.05, 0.1) is 0 Å². The van der Waals surface area contributed by atoms with Crippen LogP contribution in [0, 0.1) is 0 Å². The van der Waals surface area contributed by atoms with E-state index < -0.39 is 0 Å². The van der Waals surface area contributed by atoms with Crippen LogP contribution in [-0.2, 0) is 12.8 Å². The SMILES string of the molecule is Oc1ccccc1CCc1ccccc1. The number of benzene rings is 2. The predicted molar refractivity (Wildman–Crippen MR) is 62.0 cm³/mol. The zero-order valence-electron chi connectivity index (χ0n) is 8.56. The van der Waals surface area contributed by atoms with Crippen molar-refractivity contribution in [2.24, 2.45) is 0 Å². The van der Waals surface area contributed by atoms with Crippen LogP contribution in [0.3, 0.4) is 0 Å². The lowest BCUT2D eigenvalue weighted by Crippen LogP contribution is -1.91. The molecule has 0 atom stereocenters. The highest BCUT2D eigenvalue weighted by Gasteiger charge is 1.99. The summed E-state index contributed by atoms with van der Waals surface area (Å²) in [4.78, 5) is 0. The highest BCUT2D eigenvalue weighted by molar-refractivity contribution is 5.32. The minimum atomic E-state index is 0.397. The van der Waals surface area contributed by atoms with Crippen molar-refractivity contribution in [2.75, 3.05) is 0 Å². The van der Waals surface area contributed by atoms with E-state index >= 15 is 0 Å². The van der Waals surface area contributed by atoms with Crippen LogP contribution < -0.4 is 0 Å². The van der Waals surface area contributed by atoms with Gasteiger partial charge in [-0.05, 0) is 30.0 Å². The molecule has 76 valence electrons. The van der Waals surface area contributed by atoms with E-state index in [0.29, 0.717) is 5.75 Å². The second kappa shape index (κ2) is 4.65. The second-order valence-corrected chi connectivity index (χ2v) is 3.61. The molecule has 1 heteroatoms. The van der Waals surface area contributed by atoms with Gasteiger partial charge < -0.3 is 5.11 Å². The summed E-state index contributed by atoms with van der Waals surface area (Å²) in [7, 11) is 0. The first-order valence-electron chi connectivity index (χ1n) is 5.17. The molecule has 0 aliphatic rings. The maximum absolute atomic E-state index is 9.59. The molecule has 0 aliphatic carbocycles. The number of hydrogen-bond acceptors (Lipinski definition) is 1. The van der Waals surface area contributed by atoms with Gasteiger partial charge in [0.2, 0.25) is 0 Å². The minimum Gasteiger partial charge on any atom is -0.508 e. The van der Waals surface area contributed by atoms with Gasteiger partial charge >= 0.3 is 0 Å². The summed E-state index contributed by atoms with van der Waals surface area (Å²) in [5, 5.41) is 9.59. The molecule has 0 aliphatic heterocycles. The lowest BCUT2D eigenvalue weighted by atomic mass is 10.0. The molecule has 1 nitrogen and oxygen atoms in total. The highest BCUT2D eigenvalue weighted by atomic mass is 16.3. The molecule has 1 N–H and O–H groups in total. The van der Waals surface area contributed by atoms with Crippen LogP contribution in [0.25, 0.3) is 0 Å². The number of phenols is 1. The topological polar surface area (TPSA) is 20.2 Å². The molecule has 0 fully saturated rings. The molecule has 0 amide bonds. The molecule has 0 unspecified atom stereocenters. The summed E-state index contributed by atoms with van der Waals surface area (Å²) < 4.78 is 0. The minimum absolute atomic E-state index is 0.397. The zero-order valence-corrected chi connectivity index (χ0v) is 8.56. The number of aryl methyl sites for hydroxylation is 2. The smallest absolute Gasteiger partial charge is 0.118 e. The van der Waals surface area contributed by atoms with Gasteiger partial charge in [0.15, 0.2) is 0 Å². The summed E-state index contributed by atoms with van der Waals surface area (Å²) in [5.74, 6) is 0.397.